The second-order valence-electron chi connectivity index (χ2n) is 3.93. The SMILES string of the molecule is COc1ccc(Br)cc1NCc1ccc(F)cc1F. The highest BCUT2D eigenvalue weighted by Crippen LogP contribution is 2.28. The van der Waals surface area contributed by atoms with Crippen LogP contribution < -0.4 is 10.1 Å². The summed E-state index contributed by atoms with van der Waals surface area (Å²) in [5, 5.41) is 3.06. The fourth-order valence-electron chi connectivity index (χ4n) is 1.67. The molecule has 0 saturated heterocycles. The lowest BCUT2D eigenvalue weighted by Crippen LogP contribution is -2.03. The zero-order valence-corrected chi connectivity index (χ0v) is 11.8. The fraction of sp³-hybridized carbons (Fsp3) is 0.143. The summed E-state index contributed by atoms with van der Waals surface area (Å²) in [7, 11) is 1.56. The highest BCUT2D eigenvalue weighted by molar-refractivity contribution is 9.10. The van der Waals surface area contributed by atoms with Crippen LogP contribution in [0.1, 0.15) is 5.56 Å². The molecule has 2 nitrogen and oxygen atoms in total. The van der Waals surface area contributed by atoms with Gasteiger partial charge in [-0.3, -0.25) is 0 Å². The number of methoxy groups -OCH3 is 1. The number of anilines is 1. The Morgan fingerprint density at radius 2 is 1.95 bits per heavy atom. The van der Waals surface area contributed by atoms with Crippen molar-refractivity contribution in [2.45, 2.75) is 6.54 Å². The Morgan fingerprint density at radius 1 is 1.16 bits per heavy atom. The van der Waals surface area contributed by atoms with Crippen molar-refractivity contribution in [3.8, 4) is 5.75 Å². The van der Waals surface area contributed by atoms with Gasteiger partial charge in [0.1, 0.15) is 17.4 Å². The normalized spacial score (nSPS) is 10.3. The zero-order valence-electron chi connectivity index (χ0n) is 10.2. The smallest absolute Gasteiger partial charge is 0.142 e. The van der Waals surface area contributed by atoms with Gasteiger partial charge in [-0.25, -0.2) is 8.78 Å². The van der Waals surface area contributed by atoms with E-state index < -0.39 is 11.6 Å². The van der Waals surface area contributed by atoms with Crippen LogP contribution in [0.2, 0.25) is 0 Å². The van der Waals surface area contributed by atoms with Crippen molar-refractivity contribution in [3.05, 3.63) is 58.1 Å². The lowest BCUT2D eigenvalue weighted by molar-refractivity contribution is 0.416. The molecule has 2 aromatic carbocycles. The van der Waals surface area contributed by atoms with Crippen LogP contribution in [-0.2, 0) is 6.54 Å². The molecule has 0 aliphatic rings. The molecule has 0 radical (unpaired) electrons. The summed E-state index contributed by atoms with van der Waals surface area (Å²) >= 11 is 3.36. The lowest BCUT2D eigenvalue weighted by atomic mass is 10.2. The average Bonchev–Trinajstić information content (AvgIpc) is 2.38. The van der Waals surface area contributed by atoms with E-state index in [9.17, 15) is 8.78 Å². The molecule has 0 aliphatic carbocycles. The first-order valence-corrected chi connectivity index (χ1v) is 6.41. The zero-order chi connectivity index (χ0) is 13.8. The molecule has 0 amide bonds. The van der Waals surface area contributed by atoms with Gasteiger partial charge >= 0.3 is 0 Å². The number of nitrogens with one attached hydrogen (secondary N) is 1. The second-order valence-corrected chi connectivity index (χ2v) is 4.85. The van der Waals surface area contributed by atoms with E-state index in [0.717, 1.165) is 16.2 Å². The molecule has 2 rings (SSSR count). The molecule has 0 saturated carbocycles. The summed E-state index contributed by atoms with van der Waals surface area (Å²) in [4.78, 5) is 0. The van der Waals surface area contributed by atoms with Gasteiger partial charge in [0.2, 0.25) is 0 Å². The summed E-state index contributed by atoms with van der Waals surface area (Å²) in [6, 6.07) is 9.01. The lowest BCUT2D eigenvalue weighted by Gasteiger charge is -2.12. The molecular formula is C14H12BrF2NO. The minimum Gasteiger partial charge on any atom is -0.495 e. The van der Waals surface area contributed by atoms with E-state index in [4.69, 9.17) is 4.74 Å². The van der Waals surface area contributed by atoms with E-state index in [0.29, 0.717) is 11.3 Å². The minimum absolute atomic E-state index is 0.249. The van der Waals surface area contributed by atoms with E-state index in [1.807, 2.05) is 12.1 Å². The van der Waals surface area contributed by atoms with Crippen LogP contribution in [0.4, 0.5) is 14.5 Å². The van der Waals surface area contributed by atoms with Gasteiger partial charge < -0.3 is 10.1 Å². The van der Waals surface area contributed by atoms with Crippen molar-refractivity contribution in [1.29, 1.82) is 0 Å². The Bertz CT molecular complexity index is 590. The number of rotatable bonds is 4. The maximum Gasteiger partial charge on any atom is 0.142 e. The Balaban J connectivity index is 2.16. The van der Waals surface area contributed by atoms with Crippen LogP contribution in [0.15, 0.2) is 40.9 Å². The molecule has 0 unspecified atom stereocenters. The molecule has 0 atom stereocenters. The Kier molecular flexibility index (Phi) is 4.37. The topological polar surface area (TPSA) is 21.3 Å². The monoisotopic (exact) mass is 327 g/mol. The van der Waals surface area contributed by atoms with Gasteiger partial charge in [0, 0.05) is 22.6 Å². The highest BCUT2D eigenvalue weighted by Gasteiger charge is 2.06. The largest absolute Gasteiger partial charge is 0.495 e. The Morgan fingerprint density at radius 3 is 2.63 bits per heavy atom. The van der Waals surface area contributed by atoms with E-state index >= 15 is 0 Å². The van der Waals surface area contributed by atoms with E-state index in [-0.39, 0.29) is 6.54 Å². The summed E-state index contributed by atoms with van der Waals surface area (Å²) < 4.78 is 32.4. The summed E-state index contributed by atoms with van der Waals surface area (Å²) in [6.07, 6.45) is 0. The third kappa shape index (κ3) is 3.44. The molecule has 100 valence electrons. The molecular weight excluding hydrogens is 316 g/mol. The van der Waals surface area contributed by atoms with Gasteiger partial charge in [-0.15, -0.1) is 0 Å². The summed E-state index contributed by atoms with van der Waals surface area (Å²) in [5.74, 6) is -0.492. The van der Waals surface area contributed by atoms with Gasteiger partial charge in [-0.1, -0.05) is 22.0 Å². The average molecular weight is 328 g/mol. The number of ether oxygens (including phenoxy) is 1. The standard InChI is InChI=1S/C14H12BrF2NO/c1-19-14-5-3-10(15)6-13(14)18-8-9-2-4-11(16)7-12(9)17/h2-7,18H,8H2,1H3. The number of benzene rings is 2. The van der Waals surface area contributed by atoms with Crippen molar-refractivity contribution in [1.82, 2.24) is 0 Å². The second kappa shape index (κ2) is 6.02. The van der Waals surface area contributed by atoms with Crippen LogP contribution in [0.25, 0.3) is 0 Å². The third-order valence-electron chi connectivity index (χ3n) is 2.65. The van der Waals surface area contributed by atoms with Gasteiger partial charge in [-0.05, 0) is 24.3 Å². The molecule has 5 heteroatoms. The molecule has 0 aliphatic heterocycles. The van der Waals surface area contributed by atoms with Crippen molar-refractivity contribution >= 4 is 21.6 Å². The van der Waals surface area contributed by atoms with Crippen molar-refractivity contribution in [3.63, 3.8) is 0 Å². The highest BCUT2D eigenvalue weighted by atomic mass is 79.9. The first kappa shape index (κ1) is 13.8. The summed E-state index contributed by atoms with van der Waals surface area (Å²) in [6.45, 7) is 0.249. The maximum atomic E-state index is 13.5. The first-order chi connectivity index (χ1) is 9.10. The molecule has 0 fully saturated rings. The van der Waals surface area contributed by atoms with Crippen molar-refractivity contribution in [2.75, 3.05) is 12.4 Å². The van der Waals surface area contributed by atoms with Gasteiger partial charge in [-0.2, -0.15) is 0 Å². The van der Waals surface area contributed by atoms with Crippen LogP contribution in [0.5, 0.6) is 5.75 Å². The van der Waals surface area contributed by atoms with Gasteiger partial charge in [0.05, 0.1) is 12.8 Å². The minimum atomic E-state index is -0.582. The molecule has 0 heterocycles. The summed E-state index contributed by atoms with van der Waals surface area (Å²) in [5.41, 5.74) is 1.13. The van der Waals surface area contributed by atoms with Crippen molar-refractivity contribution < 1.29 is 13.5 Å². The molecule has 19 heavy (non-hydrogen) atoms. The van der Waals surface area contributed by atoms with Gasteiger partial charge in [0.25, 0.3) is 0 Å². The first-order valence-electron chi connectivity index (χ1n) is 5.61. The van der Waals surface area contributed by atoms with E-state index in [1.54, 1.807) is 13.2 Å². The molecule has 2 aromatic rings. The molecule has 0 bridgehead atoms. The molecule has 0 aromatic heterocycles. The van der Waals surface area contributed by atoms with Crippen LogP contribution in [0.3, 0.4) is 0 Å². The van der Waals surface area contributed by atoms with Crippen LogP contribution in [-0.4, -0.2) is 7.11 Å². The van der Waals surface area contributed by atoms with E-state index in [2.05, 4.69) is 21.2 Å². The fourth-order valence-corrected chi connectivity index (χ4v) is 2.03. The number of halogens is 3. The van der Waals surface area contributed by atoms with Crippen LogP contribution in [0, 0.1) is 11.6 Å². The number of hydrogen-bond donors (Lipinski definition) is 1. The third-order valence-corrected chi connectivity index (χ3v) is 3.14. The predicted molar refractivity (Wildman–Crippen MR) is 74.4 cm³/mol. The van der Waals surface area contributed by atoms with Crippen LogP contribution >= 0.6 is 15.9 Å². The maximum absolute atomic E-state index is 13.5. The predicted octanol–water partition coefficient (Wildman–Crippen LogP) is 4.35. The van der Waals surface area contributed by atoms with E-state index in [1.165, 1.54) is 12.1 Å². The molecule has 1 N–H and O–H groups in total. The quantitative estimate of drug-likeness (QED) is 0.901. The number of hydrogen-bond acceptors (Lipinski definition) is 2. The molecule has 0 spiro atoms. The van der Waals surface area contributed by atoms with Gasteiger partial charge in [0.15, 0.2) is 0 Å². The Hall–Kier alpha value is -1.62. The Labute approximate surface area is 118 Å². The van der Waals surface area contributed by atoms with Crippen molar-refractivity contribution in [2.24, 2.45) is 0 Å².